The SMILES string of the molecule is c1ccc2c(c1)Oc1ccc(-c3c4ccccc4c(-c4ccc5c6c(cccc46)-c4ccccc4O5)c4cc(-c5ccc6ccccc6c5)ccc34)c3cccc-2c13. The van der Waals surface area contributed by atoms with Crippen LogP contribution in [-0.2, 0) is 0 Å². The number of ether oxygens (including phenoxy) is 2. The van der Waals surface area contributed by atoms with Gasteiger partial charge in [0.15, 0.2) is 0 Å². The fraction of sp³-hybridized carbons (Fsp3) is 0. The van der Waals surface area contributed by atoms with Gasteiger partial charge in [0, 0.05) is 21.9 Å². The summed E-state index contributed by atoms with van der Waals surface area (Å²) in [6, 6.07) is 70.5. The highest BCUT2D eigenvalue weighted by molar-refractivity contribution is 6.27. The maximum absolute atomic E-state index is 6.59. The normalized spacial score (nSPS) is 12.4. The lowest BCUT2D eigenvalue weighted by Gasteiger charge is -2.25. The molecule has 0 radical (unpaired) electrons. The molecule has 0 saturated carbocycles. The zero-order valence-corrected chi connectivity index (χ0v) is 31.3. The largest absolute Gasteiger partial charge is 0.456 e. The number of hydrogen-bond acceptors (Lipinski definition) is 2. The van der Waals surface area contributed by atoms with Gasteiger partial charge >= 0.3 is 0 Å². The molecule has 2 heterocycles. The van der Waals surface area contributed by atoms with E-state index in [0.29, 0.717) is 0 Å². The summed E-state index contributed by atoms with van der Waals surface area (Å²) in [5, 5.41) is 12.0. The molecule has 2 nitrogen and oxygen atoms in total. The summed E-state index contributed by atoms with van der Waals surface area (Å²) in [4.78, 5) is 0. The van der Waals surface area contributed by atoms with Gasteiger partial charge < -0.3 is 9.47 Å². The molecule has 11 aromatic rings. The van der Waals surface area contributed by atoms with Gasteiger partial charge in [-0.3, -0.25) is 0 Å². The number of fused-ring (bicyclic) bond motifs is 7. The van der Waals surface area contributed by atoms with E-state index < -0.39 is 0 Å². The molecule has 11 aromatic carbocycles. The molecule has 0 bridgehead atoms. The van der Waals surface area contributed by atoms with E-state index in [9.17, 15) is 0 Å². The van der Waals surface area contributed by atoms with Crippen molar-refractivity contribution in [2.24, 2.45) is 0 Å². The third kappa shape index (κ3) is 4.43. The highest BCUT2D eigenvalue weighted by Crippen LogP contribution is 2.54. The van der Waals surface area contributed by atoms with Crippen molar-refractivity contribution in [1.82, 2.24) is 0 Å². The van der Waals surface area contributed by atoms with Crippen molar-refractivity contribution < 1.29 is 9.47 Å². The lowest BCUT2D eigenvalue weighted by molar-refractivity contribution is 0.487. The van der Waals surface area contributed by atoms with E-state index >= 15 is 0 Å². The summed E-state index contributed by atoms with van der Waals surface area (Å²) in [5.41, 5.74) is 11.8. The first-order chi connectivity index (χ1) is 28.8. The van der Waals surface area contributed by atoms with Gasteiger partial charge in [0.05, 0.1) is 0 Å². The molecule has 0 amide bonds. The molecule has 0 aromatic heterocycles. The van der Waals surface area contributed by atoms with Crippen LogP contribution in [0.2, 0.25) is 0 Å². The minimum Gasteiger partial charge on any atom is -0.456 e. The van der Waals surface area contributed by atoms with E-state index in [1.54, 1.807) is 0 Å². The van der Waals surface area contributed by atoms with Gasteiger partial charge in [0.2, 0.25) is 0 Å². The molecule has 0 aliphatic carbocycles. The fourth-order valence-corrected chi connectivity index (χ4v) is 9.90. The zero-order chi connectivity index (χ0) is 37.9. The fourth-order valence-electron chi connectivity index (χ4n) is 9.90. The number of rotatable bonds is 3. The molecule has 2 aliphatic heterocycles. The Kier molecular flexibility index (Phi) is 6.47. The molecule has 2 aliphatic rings. The lowest BCUT2D eigenvalue weighted by Crippen LogP contribution is -1.99. The quantitative estimate of drug-likeness (QED) is 0.168. The highest BCUT2D eigenvalue weighted by Gasteiger charge is 2.26. The van der Waals surface area contributed by atoms with Crippen LogP contribution in [0.4, 0.5) is 0 Å². The average Bonchev–Trinajstić information content (AvgIpc) is 3.29. The summed E-state index contributed by atoms with van der Waals surface area (Å²) in [7, 11) is 0. The van der Waals surface area contributed by atoms with Gasteiger partial charge in [0.1, 0.15) is 23.0 Å². The molecule has 0 unspecified atom stereocenters. The van der Waals surface area contributed by atoms with Crippen LogP contribution in [0.25, 0.3) is 109 Å². The van der Waals surface area contributed by atoms with E-state index in [4.69, 9.17) is 9.47 Å². The molecular weight excluding hydrogens is 705 g/mol. The molecule has 0 N–H and O–H groups in total. The predicted molar refractivity (Wildman–Crippen MR) is 241 cm³/mol. The first kappa shape index (κ1) is 31.5. The van der Waals surface area contributed by atoms with E-state index in [1.165, 1.54) is 87.6 Å². The molecule has 0 saturated heterocycles. The van der Waals surface area contributed by atoms with E-state index in [2.05, 4.69) is 182 Å². The van der Waals surface area contributed by atoms with Crippen LogP contribution >= 0.6 is 0 Å². The van der Waals surface area contributed by atoms with Crippen molar-refractivity contribution in [3.8, 4) is 78.6 Å². The molecule has 0 spiro atoms. The Morgan fingerprint density at radius 2 is 0.707 bits per heavy atom. The van der Waals surface area contributed by atoms with Gasteiger partial charge in [-0.15, -0.1) is 0 Å². The molecule has 0 atom stereocenters. The van der Waals surface area contributed by atoms with Crippen LogP contribution in [-0.4, -0.2) is 0 Å². The monoisotopic (exact) mass is 736 g/mol. The van der Waals surface area contributed by atoms with Gasteiger partial charge in [-0.1, -0.05) is 146 Å². The summed E-state index contributed by atoms with van der Waals surface area (Å²) in [6.45, 7) is 0. The summed E-state index contributed by atoms with van der Waals surface area (Å²) < 4.78 is 13.2. The van der Waals surface area contributed by atoms with Crippen molar-refractivity contribution in [2.45, 2.75) is 0 Å². The molecule has 13 rings (SSSR count). The minimum absolute atomic E-state index is 0.891. The third-order valence-corrected chi connectivity index (χ3v) is 12.4. The Labute approximate surface area is 334 Å². The van der Waals surface area contributed by atoms with Crippen LogP contribution in [0.1, 0.15) is 0 Å². The molecule has 2 heteroatoms. The number of benzene rings is 11. The van der Waals surface area contributed by atoms with Gasteiger partial charge in [-0.25, -0.2) is 0 Å². The minimum atomic E-state index is 0.891. The lowest BCUT2D eigenvalue weighted by atomic mass is 9.81. The van der Waals surface area contributed by atoms with E-state index in [0.717, 1.165) is 44.9 Å². The molecular formula is C56H32O2. The van der Waals surface area contributed by atoms with E-state index in [1.807, 2.05) is 12.1 Å². The second kappa shape index (κ2) is 11.9. The Hall–Kier alpha value is -7.68. The van der Waals surface area contributed by atoms with Crippen molar-refractivity contribution in [3.63, 3.8) is 0 Å². The summed E-state index contributed by atoms with van der Waals surface area (Å²) >= 11 is 0. The number of para-hydroxylation sites is 2. The molecule has 268 valence electrons. The Morgan fingerprint density at radius 1 is 0.241 bits per heavy atom. The first-order valence-electron chi connectivity index (χ1n) is 19.9. The first-order valence-corrected chi connectivity index (χ1v) is 19.9. The van der Waals surface area contributed by atoms with Crippen LogP contribution in [0.3, 0.4) is 0 Å². The van der Waals surface area contributed by atoms with Crippen molar-refractivity contribution in [1.29, 1.82) is 0 Å². The van der Waals surface area contributed by atoms with Crippen LogP contribution < -0.4 is 9.47 Å². The number of hydrogen-bond donors (Lipinski definition) is 0. The van der Waals surface area contributed by atoms with Crippen molar-refractivity contribution in [3.05, 3.63) is 194 Å². The Morgan fingerprint density at radius 3 is 1.34 bits per heavy atom. The highest BCUT2D eigenvalue weighted by atomic mass is 16.5. The maximum Gasteiger partial charge on any atom is 0.135 e. The topological polar surface area (TPSA) is 18.5 Å². The van der Waals surface area contributed by atoms with Crippen LogP contribution in [0.15, 0.2) is 194 Å². The molecule has 58 heavy (non-hydrogen) atoms. The standard InChI is InChI=1S/C56H32O2/c1-2-12-34-31-35(24-23-33(34)11-1)36-25-26-47-48(32-36)54(46-28-30-52-56-40(18-10-20-44(46)56)38-14-6-8-22-50(38)58-52)42-16-4-3-15-41(42)53(47)45-27-29-51-55-39(17-9-19-43(45)55)37-13-5-7-21-49(37)57-51/h1-32H. The second-order valence-corrected chi connectivity index (χ2v) is 15.5. The van der Waals surface area contributed by atoms with Crippen LogP contribution in [0, 0.1) is 0 Å². The predicted octanol–water partition coefficient (Wildman–Crippen LogP) is 16.0. The summed E-state index contributed by atoms with van der Waals surface area (Å²) in [5.74, 6) is 3.57. The second-order valence-electron chi connectivity index (χ2n) is 15.5. The van der Waals surface area contributed by atoms with Crippen molar-refractivity contribution >= 4 is 53.9 Å². The van der Waals surface area contributed by atoms with Gasteiger partial charge in [-0.05, 0) is 136 Å². The molecule has 0 fully saturated rings. The Balaban J connectivity index is 1.15. The third-order valence-electron chi connectivity index (χ3n) is 12.4. The van der Waals surface area contributed by atoms with Crippen LogP contribution in [0.5, 0.6) is 23.0 Å². The van der Waals surface area contributed by atoms with Crippen molar-refractivity contribution in [2.75, 3.05) is 0 Å². The van der Waals surface area contributed by atoms with Gasteiger partial charge in [0.25, 0.3) is 0 Å². The summed E-state index contributed by atoms with van der Waals surface area (Å²) in [6.07, 6.45) is 0. The smallest absolute Gasteiger partial charge is 0.135 e. The maximum atomic E-state index is 6.59. The van der Waals surface area contributed by atoms with Gasteiger partial charge in [-0.2, -0.15) is 0 Å². The van der Waals surface area contributed by atoms with E-state index in [-0.39, 0.29) is 0 Å². The Bertz CT molecular complexity index is 3580. The average molecular weight is 737 g/mol. The zero-order valence-electron chi connectivity index (χ0n) is 31.3.